The van der Waals surface area contributed by atoms with Crippen LogP contribution in [0.1, 0.15) is 6.92 Å². The minimum Gasteiger partial charge on any atom is -0.355 e. The van der Waals surface area contributed by atoms with E-state index in [1.807, 2.05) is 0 Å². The predicted octanol–water partition coefficient (Wildman–Crippen LogP) is -0.246. The zero-order valence-corrected chi connectivity index (χ0v) is 11.4. The van der Waals surface area contributed by atoms with E-state index >= 15 is 0 Å². The summed E-state index contributed by atoms with van der Waals surface area (Å²) in [5, 5.41) is 15.0. The minimum atomic E-state index is -0.767. The van der Waals surface area contributed by atoms with Crippen molar-refractivity contribution in [3.63, 3.8) is 0 Å². The number of aromatic amines is 1. The van der Waals surface area contributed by atoms with Crippen LogP contribution in [0.3, 0.4) is 0 Å². The van der Waals surface area contributed by atoms with E-state index in [9.17, 15) is 14.4 Å². The van der Waals surface area contributed by atoms with E-state index in [1.165, 1.54) is 6.92 Å². The summed E-state index contributed by atoms with van der Waals surface area (Å²) in [5.41, 5.74) is 1.26. The average molecular weight is 289 g/mol. The second kappa shape index (κ2) is 6.51. The third-order valence-electron chi connectivity index (χ3n) is 2.69. The van der Waals surface area contributed by atoms with Crippen molar-refractivity contribution in [1.82, 2.24) is 20.8 Å². The van der Waals surface area contributed by atoms with Gasteiger partial charge in [-0.05, 0) is 18.2 Å². The SMILES string of the molecule is CC(=O)NCCNC(=O)C(=O)Nc1ccc2cn[nH]c2c1. The molecule has 8 nitrogen and oxygen atoms in total. The maximum absolute atomic E-state index is 11.7. The molecule has 0 unspecified atom stereocenters. The van der Waals surface area contributed by atoms with Crippen molar-refractivity contribution in [2.45, 2.75) is 6.92 Å². The second-order valence-electron chi connectivity index (χ2n) is 4.37. The number of carbonyl (C=O) groups is 3. The van der Waals surface area contributed by atoms with Gasteiger partial charge in [0, 0.05) is 31.1 Å². The molecule has 0 bridgehead atoms. The van der Waals surface area contributed by atoms with Gasteiger partial charge in [0.25, 0.3) is 0 Å². The molecule has 4 N–H and O–H groups in total. The molecule has 3 amide bonds. The van der Waals surface area contributed by atoms with Crippen LogP contribution in [0.5, 0.6) is 0 Å². The molecule has 0 saturated heterocycles. The summed E-state index contributed by atoms with van der Waals surface area (Å²) in [5.74, 6) is -1.72. The fraction of sp³-hybridized carbons (Fsp3) is 0.231. The van der Waals surface area contributed by atoms with Crippen LogP contribution in [-0.4, -0.2) is 41.0 Å². The first-order valence-electron chi connectivity index (χ1n) is 6.33. The largest absolute Gasteiger partial charge is 0.355 e. The molecule has 110 valence electrons. The first kappa shape index (κ1) is 14.5. The van der Waals surface area contributed by atoms with E-state index in [0.717, 1.165) is 10.9 Å². The Balaban J connectivity index is 1.85. The Labute approximate surface area is 120 Å². The summed E-state index contributed by atoms with van der Waals surface area (Å²) in [6.45, 7) is 1.83. The molecule has 2 aromatic rings. The maximum Gasteiger partial charge on any atom is 0.313 e. The third kappa shape index (κ3) is 4.03. The van der Waals surface area contributed by atoms with Crippen molar-refractivity contribution in [3.05, 3.63) is 24.4 Å². The summed E-state index contributed by atoms with van der Waals surface area (Å²) in [7, 11) is 0. The van der Waals surface area contributed by atoms with Crippen LogP contribution in [0.25, 0.3) is 10.9 Å². The van der Waals surface area contributed by atoms with Crippen molar-refractivity contribution >= 4 is 34.3 Å². The number of anilines is 1. The Hall–Kier alpha value is -2.90. The summed E-state index contributed by atoms with van der Waals surface area (Å²) in [6, 6.07) is 5.15. The molecule has 2 rings (SSSR count). The Bertz CT molecular complexity index is 679. The lowest BCUT2D eigenvalue weighted by Crippen LogP contribution is -2.39. The number of amides is 3. The number of benzene rings is 1. The van der Waals surface area contributed by atoms with Gasteiger partial charge in [-0.25, -0.2) is 0 Å². The molecule has 21 heavy (non-hydrogen) atoms. The zero-order valence-electron chi connectivity index (χ0n) is 11.4. The number of fused-ring (bicyclic) bond motifs is 1. The third-order valence-corrected chi connectivity index (χ3v) is 2.69. The van der Waals surface area contributed by atoms with Gasteiger partial charge in [-0.3, -0.25) is 19.5 Å². The number of nitrogens with zero attached hydrogens (tertiary/aromatic N) is 1. The summed E-state index contributed by atoms with van der Waals surface area (Å²) in [4.78, 5) is 33.9. The Morgan fingerprint density at radius 2 is 1.90 bits per heavy atom. The van der Waals surface area contributed by atoms with Gasteiger partial charge in [0.1, 0.15) is 0 Å². The van der Waals surface area contributed by atoms with Crippen LogP contribution in [-0.2, 0) is 14.4 Å². The van der Waals surface area contributed by atoms with Gasteiger partial charge in [0.15, 0.2) is 0 Å². The smallest absolute Gasteiger partial charge is 0.313 e. The zero-order chi connectivity index (χ0) is 15.2. The topological polar surface area (TPSA) is 116 Å². The molecule has 0 aliphatic carbocycles. The normalized spacial score (nSPS) is 10.1. The number of H-pyrrole nitrogens is 1. The van der Waals surface area contributed by atoms with Crippen molar-refractivity contribution in [3.8, 4) is 0 Å². The van der Waals surface area contributed by atoms with Gasteiger partial charge >= 0.3 is 11.8 Å². The first-order chi connectivity index (χ1) is 10.1. The van der Waals surface area contributed by atoms with E-state index in [4.69, 9.17) is 0 Å². The van der Waals surface area contributed by atoms with Crippen LogP contribution >= 0.6 is 0 Å². The van der Waals surface area contributed by atoms with E-state index in [1.54, 1.807) is 24.4 Å². The van der Waals surface area contributed by atoms with Gasteiger partial charge in [0.2, 0.25) is 5.91 Å². The summed E-state index contributed by atoms with van der Waals surface area (Å²) in [6.07, 6.45) is 1.66. The predicted molar refractivity (Wildman–Crippen MR) is 76.4 cm³/mol. The van der Waals surface area contributed by atoms with Gasteiger partial charge in [0.05, 0.1) is 11.7 Å². The van der Waals surface area contributed by atoms with E-state index < -0.39 is 11.8 Å². The molecule has 0 aliphatic heterocycles. The Morgan fingerprint density at radius 1 is 1.14 bits per heavy atom. The van der Waals surface area contributed by atoms with Crippen molar-refractivity contribution < 1.29 is 14.4 Å². The molecule has 1 aromatic heterocycles. The molecule has 0 aliphatic rings. The number of nitrogens with one attached hydrogen (secondary N) is 4. The standard InChI is InChI=1S/C13H15N5O3/c1-8(19)14-4-5-15-12(20)13(21)17-10-3-2-9-7-16-18-11(9)6-10/h2-3,6-7H,4-5H2,1H3,(H,14,19)(H,15,20)(H,16,18)(H,17,21). The Kier molecular flexibility index (Phi) is 4.50. The van der Waals surface area contributed by atoms with E-state index in [2.05, 4.69) is 26.1 Å². The number of hydrogen-bond acceptors (Lipinski definition) is 4. The molecular weight excluding hydrogens is 274 g/mol. The number of rotatable bonds is 4. The molecule has 0 radical (unpaired) electrons. The Morgan fingerprint density at radius 3 is 2.67 bits per heavy atom. The molecular formula is C13H15N5O3. The highest BCUT2D eigenvalue weighted by Gasteiger charge is 2.13. The lowest BCUT2D eigenvalue weighted by molar-refractivity contribution is -0.136. The lowest BCUT2D eigenvalue weighted by atomic mass is 10.2. The van der Waals surface area contributed by atoms with Crippen LogP contribution in [0, 0.1) is 0 Å². The summed E-state index contributed by atoms with van der Waals surface area (Å²) >= 11 is 0. The number of carbonyl (C=O) groups excluding carboxylic acids is 3. The van der Waals surface area contributed by atoms with Crippen LogP contribution in [0.15, 0.2) is 24.4 Å². The summed E-state index contributed by atoms with van der Waals surface area (Å²) < 4.78 is 0. The molecule has 0 fully saturated rings. The first-order valence-corrected chi connectivity index (χ1v) is 6.33. The van der Waals surface area contributed by atoms with E-state index in [0.29, 0.717) is 5.69 Å². The fourth-order valence-electron chi connectivity index (χ4n) is 1.70. The molecule has 0 spiro atoms. The highest BCUT2D eigenvalue weighted by Crippen LogP contribution is 2.16. The average Bonchev–Trinajstić information content (AvgIpc) is 2.90. The molecule has 1 aromatic carbocycles. The van der Waals surface area contributed by atoms with Gasteiger partial charge in [-0.15, -0.1) is 0 Å². The quantitative estimate of drug-likeness (QED) is 0.459. The number of hydrogen-bond donors (Lipinski definition) is 4. The van der Waals surface area contributed by atoms with E-state index in [-0.39, 0.29) is 19.0 Å². The number of aromatic nitrogens is 2. The van der Waals surface area contributed by atoms with Crippen molar-refractivity contribution in [1.29, 1.82) is 0 Å². The van der Waals surface area contributed by atoms with Crippen LogP contribution < -0.4 is 16.0 Å². The highest BCUT2D eigenvalue weighted by atomic mass is 16.2. The molecule has 8 heteroatoms. The van der Waals surface area contributed by atoms with Crippen molar-refractivity contribution in [2.24, 2.45) is 0 Å². The van der Waals surface area contributed by atoms with Crippen LogP contribution in [0.2, 0.25) is 0 Å². The van der Waals surface area contributed by atoms with Gasteiger partial charge in [-0.2, -0.15) is 5.10 Å². The lowest BCUT2D eigenvalue weighted by Gasteiger charge is -2.07. The molecule has 0 saturated carbocycles. The second-order valence-corrected chi connectivity index (χ2v) is 4.37. The van der Waals surface area contributed by atoms with Gasteiger partial charge < -0.3 is 16.0 Å². The minimum absolute atomic E-state index is 0.186. The van der Waals surface area contributed by atoms with Gasteiger partial charge in [-0.1, -0.05) is 0 Å². The van der Waals surface area contributed by atoms with Crippen LogP contribution in [0.4, 0.5) is 5.69 Å². The highest BCUT2D eigenvalue weighted by molar-refractivity contribution is 6.39. The molecule has 1 heterocycles. The fourth-order valence-corrected chi connectivity index (χ4v) is 1.70. The van der Waals surface area contributed by atoms with Crippen molar-refractivity contribution in [2.75, 3.05) is 18.4 Å². The molecule has 0 atom stereocenters. The maximum atomic E-state index is 11.7. The monoisotopic (exact) mass is 289 g/mol.